The first-order valence-corrected chi connectivity index (χ1v) is 4.03. The molecule has 0 aromatic heterocycles. The van der Waals surface area contributed by atoms with Gasteiger partial charge in [-0.15, -0.1) is 0 Å². The minimum absolute atomic E-state index is 0.329. The lowest BCUT2D eigenvalue weighted by Crippen LogP contribution is -2.06. The van der Waals surface area contributed by atoms with Gasteiger partial charge in [0.05, 0.1) is 6.10 Å². The number of aliphatic hydroxyl groups is 1. The Morgan fingerprint density at radius 3 is 2.45 bits per heavy atom. The molecule has 0 aliphatic heterocycles. The second-order valence-corrected chi connectivity index (χ2v) is 3.04. The van der Waals surface area contributed by atoms with Crippen LogP contribution in [-0.4, -0.2) is 11.2 Å². The Kier molecular flexibility index (Phi) is 4.88. The van der Waals surface area contributed by atoms with Crippen molar-refractivity contribution in [2.45, 2.75) is 39.7 Å². The van der Waals surface area contributed by atoms with Gasteiger partial charge in [0.2, 0.25) is 0 Å². The van der Waals surface area contributed by atoms with Gasteiger partial charge >= 0.3 is 0 Å². The van der Waals surface area contributed by atoms with E-state index in [4.69, 9.17) is 0 Å². The van der Waals surface area contributed by atoms with Crippen molar-refractivity contribution in [2.24, 2.45) is 0 Å². The molecule has 0 saturated heterocycles. The van der Waals surface area contributed by atoms with E-state index in [1.165, 1.54) is 5.57 Å². The van der Waals surface area contributed by atoms with Gasteiger partial charge in [-0.2, -0.15) is 0 Å². The van der Waals surface area contributed by atoms with E-state index in [-0.39, 0.29) is 6.10 Å². The molecule has 0 aromatic carbocycles. The molecule has 0 rings (SSSR count). The van der Waals surface area contributed by atoms with Crippen molar-refractivity contribution in [3.05, 3.63) is 23.8 Å². The van der Waals surface area contributed by atoms with E-state index in [0.29, 0.717) is 0 Å². The first-order chi connectivity index (χ1) is 5.07. The summed E-state index contributed by atoms with van der Waals surface area (Å²) in [6.45, 7) is 9.64. The molecule has 11 heavy (non-hydrogen) atoms. The lowest BCUT2D eigenvalue weighted by atomic mass is 10.0. The topological polar surface area (TPSA) is 20.2 Å². The van der Waals surface area contributed by atoms with E-state index in [2.05, 4.69) is 19.6 Å². The zero-order valence-corrected chi connectivity index (χ0v) is 7.72. The van der Waals surface area contributed by atoms with Gasteiger partial charge in [-0.05, 0) is 33.6 Å². The fraction of sp³-hybridized carbons (Fsp3) is 0.600. The van der Waals surface area contributed by atoms with Gasteiger partial charge in [0.25, 0.3) is 0 Å². The molecule has 0 radical (unpaired) electrons. The highest BCUT2D eigenvalue weighted by atomic mass is 16.3. The molecule has 0 aromatic rings. The normalized spacial score (nSPS) is 14.7. The smallest absolute Gasteiger partial charge is 0.0747 e. The summed E-state index contributed by atoms with van der Waals surface area (Å²) in [5, 5.41) is 9.34. The summed E-state index contributed by atoms with van der Waals surface area (Å²) in [5.41, 5.74) is 2.18. The zero-order chi connectivity index (χ0) is 8.85. The highest BCUT2D eigenvalue weighted by Gasteiger charge is 2.03. The van der Waals surface area contributed by atoms with Crippen LogP contribution in [0, 0.1) is 0 Å². The largest absolute Gasteiger partial charge is 0.389 e. The summed E-state index contributed by atoms with van der Waals surface area (Å²) in [7, 11) is 0. The van der Waals surface area contributed by atoms with Crippen LogP contribution in [0.1, 0.15) is 33.6 Å². The van der Waals surface area contributed by atoms with Gasteiger partial charge in [-0.25, -0.2) is 0 Å². The molecule has 0 aliphatic rings. The molecule has 0 heterocycles. The first-order valence-electron chi connectivity index (χ1n) is 4.03. The predicted octanol–water partition coefficient (Wildman–Crippen LogP) is 2.67. The monoisotopic (exact) mass is 154 g/mol. The number of aliphatic hydroxyl groups excluding tert-OH is 1. The molecular formula is C10H18O. The van der Waals surface area contributed by atoms with E-state index in [9.17, 15) is 5.11 Å². The van der Waals surface area contributed by atoms with Crippen molar-refractivity contribution in [1.82, 2.24) is 0 Å². The van der Waals surface area contributed by atoms with Crippen LogP contribution in [0.5, 0.6) is 0 Å². The Morgan fingerprint density at radius 2 is 2.09 bits per heavy atom. The van der Waals surface area contributed by atoms with Crippen LogP contribution in [0.25, 0.3) is 0 Å². The van der Waals surface area contributed by atoms with Crippen molar-refractivity contribution in [3.8, 4) is 0 Å². The molecule has 64 valence electrons. The Hall–Kier alpha value is -0.560. The molecular weight excluding hydrogens is 136 g/mol. The van der Waals surface area contributed by atoms with Crippen LogP contribution >= 0.6 is 0 Å². The second-order valence-electron chi connectivity index (χ2n) is 3.04. The summed E-state index contributed by atoms with van der Waals surface area (Å²) in [6.07, 6.45) is 3.51. The maximum Gasteiger partial charge on any atom is 0.0747 e. The Balaban J connectivity index is 3.62. The van der Waals surface area contributed by atoms with Crippen molar-refractivity contribution >= 4 is 0 Å². The molecule has 0 bridgehead atoms. The van der Waals surface area contributed by atoms with Crippen LogP contribution in [0.15, 0.2) is 23.8 Å². The van der Waals surface area contributed by atoms with Crippen molar-refractivity contribution in [1.29, 1.82) is 0 Å². The van der Waals surface area contributed by atoms with Crippen LogP contribution in [0.4, 0.5) is 0 Å². The van der Waals surface area contributed by atoms with E-state index >= 15 is 0 Å². The van der Waals surface area contributed by atoms with Crippen molar-refractivity contribution in [3.63, 3.8) is 0 Å². The number of hydrogen-bond donors (Lipinski definition) is 1. The van der Waals surface area contributed by atoms with Gasteiger partial charge in [0, 0.05) is 0 Å². The van der Waals surface area contributed by atoms with Crippen LogP contribution in [0.3, 0.4) is 0 Å². The van der Waals surface area contributed by atoms with Gasteiger partial charge in [0.15, 0.2) is 0 Å². The molecule has 0 amide bonds. The summed E-state index contributed by atoms with van der Waals surface area (Å²) >= 11 is 0. The molecule has 1 atom stereocenters. The Bertz CT molecular complexity index is 156. The molecule has 1 unspecified atom stereocenters. The SMILES string of the molecule is C=C(C)C(O)CCC(C)=CC. The lowest BCUT2D eigenvalue weighted by Gasteiger charge is -2.09. The average Bonchev–Trinajstić information content (AvgIpc) is 1.99. The fourth-order valence-corrected chi connectivity index (χ4v) is 0.755. The van der Waals surface area contributed by atoms with Gasteiger partial charge in [0.1, 0.15) is 0 Å². The fourth-order valence-electron chi connectivity index (χ4n) is 0.755. The molecule has 1 N–H and O–H groups in total. The van der Waals surface area contributed by atoms with Crippen LogP contribution in [0.2, 0.25) is 0 Å². The number of rotatable bonds is 4. The third kappa shape index (κ3) is 4.79. The molecule has 0 saturated carbocycles. The number of hydrogen-bond acceptors (Lipinski definition) is 1. The molecule has 1 heteroatoms. The lowest BCUT2D eigenvalue weighted by molar-refractivity contribution is 0.201. The Morgan fingerprint density at radius 1 is 1.55 bits per heavy atom. The van der Waals surface area contributed by atoms with Gasteiger partial charge in [-0.1, -0.05) is 23.8 Å². The number of allylic oxidation sites excluding steroid dienone is 2. The summed E-state index contributed by atoms with van der Waals surface area (Å²) in [4.78, 5) is 0. The minimum atomic E-state index is -0.329. The van der Waals surface area contributed by atoms with E-state index in [1.807, 2.05) is 13.8 Å². The average molecular weight is 154 g/mol. The van der Waals surface area contributed by atoms with Crippen LogP contribution in [-0.2, 0) is 0 Å². The first kappa shape index (κ1) is 10.4. The van der Waals surface area contributed by atoms with Crippen molar-refractivity contribution < 1.29 is 5.11 Å². The maximum atomic E-state index is 9.34. The highest BCUT2D eigenvalue weighted by molar-refractivity contribution is 5.01. The minimum Gasteiger partial charge on any atom is -0.389 e. The summed E-state index contributed by atoms with van der Waals surface area (Å²) in [5.74, 6) is 0. The molecule has 1 nitrogen and oxygen atoms in total. The molecule has 0 fully saturated rings. The third-order valence-corrected chi connectivity index (χ3v) is 1.87. The Labute approximate surface area is 69.4 Å². The highest BCUT2D eigenvalue weighted by Crippen LogP contribution is 2.10. The van der Waals surface area contributed by atoms with E-state index in [0.717, 1.165) is 18.4 Å². The zero-order valence-electron chi connectivity index (χ0n) is 7.72. The molecule has 0 spiro atoms. The van der Waals surface area contributed by atoms with Gasteiger partial charge in [-0.3, -0.25) is 0 Å². The maximum absolute atomic E-state index is 9.34. The summed E-state index contributed by atoms with van der Waals surface area (Å²) in [6, 6.07) is 0. The summed E-state index contributed by atoms with van der Waals surface area (Å²) < 4.78 is 0. The standard InChI is InChI=1S/C10H18O/c1-5-9(4)6-7-10(11)8(2)3/h5,10-11H,2,6-7H2,1,3-4H3. The quantitative estimate of drug-likeness (QED) is 0.617. The second kappa shape index (κ2) is 5.14. The van der Waals surface area contributed by atoms with Gasteiger partial charge < -0.3 is 5.11 Å². The predicted molar refractivity (Wildman–Crippen MR) is 49.5 cm³/mol. The molecule has 0 aliphatic carbocycles. The van der Waals surface area contributed by atoms with E-state index in [1.54, 1.807) is 0 Å². The third-order valence-electron chi connectivity index (χ3n) is 1.87. The van der Waals surface area contributed by atoms with Crippen molar-refractivity contribution in [2.75, 3.05) is 0 Å². The van der Waals surface area contributed by atoms with Crippen LogP contribution < -0.4 is 0 Å². The van der Waals surface area contributed by atoms with E-state index < -0.39 is 0 Å².